The van der Waals surface area contributed by atoms with E-state index in [2.05, 4.69) is 78.0 Å². The number of anilines is 1. The van der Waals surface area contributed by atoms with Crippen molar-refractivity contribution >= 4 is 29.4 Å². The summed E-state index contributed by atoms with van der Waals surface area (Å²) in [4.78, 5) is 16.0. The molecule has 0 aromatic heterocycles. The molecule has 2 aromatic carbocycles. The van der Waals surface area contributed by atoms with Crippen LogP contribution in [0, 0.1) is 0 Å². The molecule has 1 fully saturated rings. The van der Waals surface area contributed by atoms with Crippen molar-refractivity contribution in [3.05, 3.63) is 63.6 Å². The molecule has 1 amide bonds. The molecule has 0 spiro atoms. The van der Waals surface area contributed by atoms with Gasteiger partial charge in [0.15, 0.2) is 0 Å². The fourth-order valence-corrected chi connectivity index (χ4v) is 5.34. The van der Waals surface area contributed by atoms with Gasteiger partial charge >= 0.3 is 0 Å². The summed E-state index contributed by atoms with van der Waals surface area (Å²) in [5.74, 6) is 1.38. The van der Waals surface area contributed by atoms with Crippen LogP contribution in [0.2, 0.25) is 0 Å². The monoisotopic (exact) mass is 494 g/mol. The molecule has 1 saturated heterocycles. The Bertz CT molecular complexity index is 1040. The van der Waals surface area contributed by atoms with Gasteiger partial charge in [0.2, 0.25) is 0 Å². The minimum Gasteiger partial charge on any atom is -0.507 e. The number of aryl methyl sites for hydroxylation is 1. The predicted molar refractivity (Wildman–Crippen MR) is 151 cm³/mol. The molecule has 1 aliphatic heterocycles. The summed E-state index contributed by atoms with van der Waals surface area (Å²) in [6.07, 6.45) is 3.94. The Kier molecular flexibility index (Phi) is 8.63. The van der Waals surface area contributed by atoms with E-state index >= 15 is 0 Å². The van der Waals surface area contributed by atoms with Crippen LogP contribution in [0.15, 0.2) is 41.3 Å². The zero-order valence-corrected chi connectivity index (χ0v) is 23.3. The van der Waals surface area contributed by atoms with Gasteiger partial charge in [0.25, 0.3) is 5.91 Å². The van der Waals surface area contributed by atoms with E-state index in [9.17, 15) is 9.90 Å². The summed E-state index contributed by atoms with van der Waals surface area (Å²) in [6.45, 7) is 17.2. The van der Waals surface area contributed by atoms with Crippen LogP contribution in [-0.4, -0.2) is 41.3 Å². The predicted octanol–water partition coefficient (Wildman–Crippen LogP) is 6.97. The molecular formula is C30H42N2O2S. The third-order valence-electron chi connectivity index (χ3n) is 6.43. The van der Waals surface area contributed by atoms with Gasteiger partial charge in [-0.05, 0) is 65.1 Å². The van der Waals surface area contributed by atoms with E-state index in [-0.39, 0.29) is 16.7 Å². The number of benzene rings is 2. The van der Waals surface area contributed by atoms with Gasteiger partial charge in [-0.3, -0.25) is 4.79 Å². The van der Waals surface area contributed by atoms with Gasteiger partial charge in [-0.25, -0.2) is 0 Å². The number of amides is 1. The second-order valence-electron chi connectivity index (χ2n) is 11.4. The van der Waals surface area contributed by atoms with Gasteiger partial charge in [0.05, 0.1) is 4.91 Å². The Labute approximate surface area is 216 Å². The van der Waals surface area contributed by atoms with Gasteiger partial charge in [-0.1, -0.05) is 60.6 Å². The molecule has 190 valence electrons. The molecule has 1 heterocycles. The number of hydrogen-bond acceptors (Lipinski definition) is 4. The highest BCUT2D eigenvalue weighted by molar-refractivity contribution is 8.04. The lowest BCUT2D eigenvalue weighted by Crippen LogP contribution is -2.38. The Morgan fingerprint density at radius 1 is 1.06 bits per heavy atom. The third-order valence-corrected chi connectivity index (χ3v) is 7.42. The van der Waals surface area contributed by atoms with Gasteiger partial charge in [0.1, 0.15) is 5.75 Å². The molecule has 0 bridgehead atoms. The Hall–Kier alpha value is -2.40. The minimum atomic E-state index is -0.196. The SMILES string of the molecule is CCc1cccc(NCCCN2CCSC(=Cc3cc(C(C)(C)C)c(O)c(C(C)(C)C)c3)C2=O)c1. The second-order valence-corrected chi connectivity index (χ2v) is 12.6. The van der Waals surface area contributed by atoms with Crippen molar-refractivity contribution in [2.24, 2.45) is 0 Å². The summed E-state index contributed by atoms with van der Waals surface area (Å²) in [5.41, 5.74) is 4.89. The van der Waals surface area contributed by atoms with E-state index in [0.29, 0.717) is 5.75 Å². The summed E-state index contributed by atoms with van der Waals surface area (Å²) in [7, 11) is 0. The van der Waals surface area contributed by atoms with Crippen LogP contribution >= 0.6 is 11.8 Å². The first-order valence-corrected chi connectivity index (χ1v) is 13.7. The minimum absolute atomic E-state index is 0.108. The number of nitrogens with zero attached hydrogens (tertiary/aromatic N) is 1. The van der Waals surface area contributed by atoms with Crippen LogP contribution in [0.5, 0.6) is 5.75 Å². The highest BCUT2D eigenvalue weighted by Gasteiger charge is 2.28. The molecule has 0 saturated carbocycles. The number of phenolic OH excluding ortho intramolecular Hbond substituents is 1. The van der Waals surface area contributed by atoms with Crippen molar-refractivity contribution in [1.29, 1.82) is 0 Å². The fraction of sp³-hybridized carbons (Fsp3) is 0.500. The lowest BCUT2D eigenvalue weighted by atomic mass is 9.78. The van der Waals surface area contributed by atoms with Gasteiger partial charge < -0.3 is 15.3 Å². The second kappa shape index (κ2) is 11.1. The van der Waals surface area contributed by atoms with E-state index < -0.39 is 0 Å². The van der Waals surface area contributed by atoms with Crippen molar-refractivity contribution in [3.8, 4) is 5.75 Å². The topological polar surface area (TPSA) is 52.6 Å². The molecule has 2 N–H and O–H groups in total. The van der Waals surface area contributed by atoms with Crippen molar-refractivity contribution in [3.63, 3.8) is 0 Å². The Balaban J connectivity index is 1.72. The van der Waals surface area contributed by atoms with Crippen LogP contribution in [0.1, 0.15) is 77.1 Å². The highest BCUT2D eigenvalue weighted by Crippen LogP contribution is 2.40. The molecule has 0 unspecified atom stereocenters. The van der Waals surface area contributed by atoms with Gasteiger partial charge in [-0.15, -0.1) is 11.8 Å². The average Bonchev–Trinajstić information content (AvgIpc) is 2.78. The molecule has 2 aromatic rings. The maximum Gasteiger partial charge on any atom is 0.260 e. The molecule has 1 aliphatic rings. The first kappa shape index (κ1) is 27.2. The molecule has 4 nitrogen and oxygen atoms in total. The van der Waals surface area contributed by atoms with E-state index in [1.165, 1.54) is 5.56 Å². The molecule has 0 aliphatic carbocycles. The number of thioether (sulfide) groups is 1. The zero-order chi connectivity index (χ0) is 25.8. The van der Waals surface area contributed by atoms with E-state index in [4.69, 9.17) is 0 Å². The third kappa shape index (κ3) is 7.07. The van der Waals surface area contributed by atoms with Crippen molar-refractivity contribution in [2.75, 3.05) is 30.7 Å². The largest absolute Gasteiger partial charge is 0.507 e. The number of nitrogens with one attached hydrogen (secondary N) is 1. The van der Waals surface area contributed by atoms with Crippen LogP contribution in [0.3, 0.4) is 0 Å². The standard InChI is InChI=1S/C30H42N2O2S/c1-8-21-11-9-12-23(17-21)31-13-10-14-32-15-16-35-26(28(32)34)20-22-18-24(29(2,3)4)27(33)25(19-22)30(5,6)7/h9,11-12,17-20,31,33H,8,10,13-16H2,1-7H3. The highest BCUT2D eigenvalue weighted by atomic mass is 32.2. The Morgan fingerprint density at radius 2 is 1.71 bits per heavy atom. The molecule has 3 rings (SSSR count). The number of carbonyl (C=O) groups excluding carboxylic acids is 1. The normalized spacial score (nSPS) is 16.1. The summed E-state index contributed by atoms with van der Waals surface area (Å²) >= 11 is 1.63. The van der Waals surface area contributed by atoms with Crippen molar-refractivity contribution in [1.82, 2.24) is 4.90 Å². The number of aromatic hydroxyl groups is 1. The fourth-order valence-electron chi connectivity index (χ4n) is 4.34. The lowest BCUT2D eigenvalue weighted by Gasteiger charge is -2.29. The van der Waals surface area contributed by atoms with Crippen LogP contribution in [0.4, 0.5) is 5.69 Å². The average molecular weight is 495 g/mol. The summed E-state index contributed by atoms with van der Waals surface area (Å²) in [5, 5.41) is 14.5. The molecule has 0 radical (unpaired) electrons. The Morgan fingerprint density at radius 3 is 2.31 bits per heavy atom. The zero-order valence-electron chi connectivity index (χ0n) is 22.5. The first-order chi connectivity index (χ1) is 16.4. The van der Waals surface area contributed by atoms with E-state index in [1.54, 1.807) is 11.8 Å². The van der Waals surface area contributed by atoms with E-state index in [1.807, 2.05) is 23.1 Å². The van der Waals surface area contributed by atoms with E-state index in [0.717, 1.165) is 65.5 Å². The molecule has 35 heavy (non-hydrogen) atoms. The quantitative estimate of drug-likeness (QED) is 0.322. The molecular weight excluding hydrogens is 452 g/mol. The van der Waals surface area contributed by atoms with Crippen LogP contribution in [-0.2, 0) is 22.0 Å². The number of hydrogen-bond donors (Lipinski definition) is 2. The van der Waals surface area contributed by atoms with Crippen LogP contribution in [0.25, 0.3) is 6.08 Å². The maximum absolute atomic E-state index is 13.3. The smallest absolute Gasteiger partial charge is 0.260 e. The molecule has 0 atom stereocenters. The van der Waals surface area contributed by atoms with Crippen LogP contribution < -0.4 is 5.32 Å². The number of carbonyl (C=O) groups is 1. The van der Waals surface area contributed by atoms with Gasteiger partial charge in [-0.2, -0.15) is 0 Å². The number of rotatable bonds is 7. The lowest BCUT2D eigenvalue weighted by molar-refractivity contribution is -0.126. The van der Waals surface area contributed by atoms with Crippen molar-refractivity contribution in [2.45, 2.75) is 72.1 Å². The summed E-state index contributed by atoms with van der Waals surface area (Å²) in [6, 6.07) is 12.6. The first-order valence-electron chi connectivity index (χ1n) is 12.7. The summed E-state index contributed by atoms with van der Waals surface area (Å²) < 4.78 is 0. The molecule has 5 heteroatoms. The van der Waals surface area contributed by atoms with Crippen molar-refractivity contribution < 1.29 is 9.90 Å². The maximum atomic E-state index is 13.3. The number of phenols is 1. The van der Waals surface area contributed by atoms with Gasteiger partial charge in [0, 0.05) is 42.2 Å².